The summed E-state index contributed by atoms with van der Waals surface area (Å²) >= 11 is 0. The largest absolute Gasteiger partial charge is 0.485 e. The topological polar surface area (TPSA) is 143 Å². The molecule has 4 aromatic rings. The Labute approximate surface area is 237 Å². The summed E-state index contributed by atoms with van der Waals surface area (Å²) in [7, 11) is -3.86. The van der Waals surface area contributed by atoms with E-state index < -0.39 is 15.8 Å². The number of ketones is 1. The molecule has 0 radical (unpaired) electrons. The molecular weight excluding hydrogens is 546 g/mol. The molecule has 0 bridgehead atoms. The van der Waals surface area contributed by atoms with Crippen molar-refractivity contribution in [1.82, 2.24) is 4.98 Å². The molecule has 212 valence electrons. The highest BCUT2D eigenvalue weighted by molar-refractivity contribution is 7.89. The lowest BCUT2D eigenvalue weighted by Gasteiger charge is -2.19. The normalized spacial score (nSPS) is 14.3. The molecule has 1 saturated heterocycles. The fourth-order valence-corrected chi connectivity index (χ4v) is 4.83. The Bertz CT molecular complexity index is 1640. The number of rotatable bonds is 10. The van der Waals surface area contributed by atoms with Gasteiger partial charge in [0.15, 0.2) is 12.4 Å². The molecule has 1 aliphatic heterocycles. The molecule has 1 aromatic heterocycles. The molecule has 2 N–H and O–H groups in total. The standard InChI is InChI=1S/C30H29N3O7S/c1-20-23(18-32-40-24-14-16-37-17-15-24)8-5-9-27(20)38-19-26(34)30-33-28(21-6-3-2-4-7-21)29(39-30)22-10-12-25(13-11-22)41(31,35)36/h2-13,18,24H,14-17,19H2,1H3,(H2,31,35,36)/b32-18-. The van der Waals surface area contributed by atoms with E-state index in [4.69, 9.17) is 23.9 Å². The number of hydrogen-bond acceptors (Lipinski definition) is 9. The molecule has 11 heteroatoms. The van der Waals surface area contributed by atoms with Crippen LogP contribution in [-0.2, 0) is 19.6 Å². The summed E-state index contributed by atoms with van der Waals surface area (Å²) in [6.07, 6.45) is 3.27. The number of carbonyl (C=O) groups excluding carboxylic acids is 1. The second kappa shape index (κ2) is 12.5. The van der Waals surface area contributed by atoms with E-state index in [0.717, 1.165) is 29.5 Å². The van der Waals surface area contributed by atoms with Gasteiger partial charge in [0.2, 0.25) is 10.0 Å². The zero-order valence-electron chi connectivity index (χ0n) is 22.4. The quantitative estimate of drug-likeness (QED) is 0.162. The van der Waals surface area contributed by atoms with Crippen molar-refractivity contribution in [3.05, 3.63) is 89.8 Å². The molecule has 5 rings (SSSR count). The van der Waals surface area contributed by atoms with Crippen molar-refractivity contribution in [3.63, 3.8) is 0 Å². The Morgan fingerprint density at radius 2 is 1.76 bits per heavy atom. The molecule has 41 heavy (non-hydrogen) atoms. The van der Waals surface area contributed by atoms with E-state index in [1.54, 1.807) is 24.4 Å². The molecule has 1 fully saturated rings. The summed E-state index contributed by atoms with van der Waals surface area (Å²) < 4.78 is 40.5. The molecule has 2 heterocycles. The van der Waals surface area contributed by atoms with Crippen LogP contribution in [0.4, 0.5) is 0 Å². The van der Waals surface area contributed by atoms with Gasteiger partial charge in [-0.3, -0.25) is 4.79 Å². The molecule has 0 saturated carbocycles. The SMILES string of the molecule is Cc1c(/C=N\OC2CCOCC2)cccc1OCC(=O)c1nc(-c2ccccc2)c(-c2ccc(S(N)(=O)=O)cc2)o1. The molecule has 1 aliphatic rings. The fourth-order valence-electron chi connectivity index (χ4n) is 4.31. The number of sulfonamides is 1. The van der Waals surface area contributed by atoms with Crippen LogP contribution < -0.4 is 9.88 Å². The Balaban J connectivity index is 1.33. The van der Waals surface area contributed by atoms with Crippen LogP contribution in [0.15, 0.2) is 87.3 Å². The zero-order valence-corrected chi connectivity index (χ0v) is 23.2. The van der Waals surface area contributed by atoms with Crippen molar-refractivity contribution in [2.45, 2.75) is 30.8 Å². The van der Waals surface area contributed by atoms with Crippen LogP contribution in [0.1, 0.15) is 34.7 Å². The predicted octanol–water partition coefficient (Wildman–Crippen LogP) is 4.76. The number of nitrogens with two attached hydrogens (primary N) is 1. The first-order chi connectivity index (χ1) is 19.8. The first-order valence-electron chi connectivity index (χ1n) is 13.0. The highest BCUT2D eigenvalue weighted by atomic mass is 32.2. The Kier molecular flexibility index (Phi) is 8.58. The highest BCUT2D eigenvalue weighted by Gasteiger charge is 2.22. The van der Waals surface area contributed by atoms with E-state index in [0.29, 0.717) is 36.0 Å². The van der Waals surface area contributed by atoms with Crippen LogP contribution >= 0.6 is 0 Å². The van der Waals surface area contributed by atoms with Crippen molar-refractivity contribution >= 4 is 22.0 Å². The van der Waals surface area contributed by atoms with Gasteiger partial charge >= 0.3 is 0 Å². The summed E-state index contributed by atoms with van der Waals surface area (Å²) in [6.45, 7) is 2.90. The number of carbonyl (C=O) groups is 1. The van der Waals surface area contributed by atoms with Gasteiger partial charge in [0.25, 0.3) is 11.7 Å². The van der Waals surface area contributed by atoms with Crippen molar-refractivity contribution in [1.29, 1.82) is 0 Å². The zero-order chi connectivity index (χ0) is 28.8. The average Bonchev–Trinajstić information content (AvgIpc) is 3.44. The number of primary sulfonamides is 1. The first-order valence-corrected chi connectivity index (χ1v) is 14.6. The maximum atomic E-state index is 13.1. The van der Waals surface area contributed by atoms with Gasteiger partial charge in [0, 0.05) is 29.5 Å². The third-order valence-electron chi connectivity index (χ3n) is 6.61. The van der Waals surface area contributed by atoms with Gasteiger partial charge in [-0.1, -0.05) is 47.6 Å². The van der Waals surface area contributed by atoms with E-state index in [1.165, 1.54) is 12.1 Å². The van der Waals surface area contributed by atoms with E-state index in [1.807, 2.05) is 49.4 Å². The molecule has 0 spiro atoms. The Morgan fingerprint density at radius 1 is 1.02 bits per heavy atom. The minimum Gasteiger partial charge on any atom is -0.485 e. The lowest BCUT2D eigenvalue weighted by Crippen LogP contribution is -2.21. The molecule has 0 atom stereocenters. The van der Waals surface area contributed by atoms with E-state index in [9.17, 15) is 13.2 Å². The van der Waals surface area contributed by atoms with Gasteiger partial charge in [-0.15, -0.1) is 0 Å². The monoisotopic (exact) mass is 575 g/mol. The van der Waals surface area contributed by atoms with Crippen LogP contribution in [0, 0.1) is 6.92 Å². The van der Waals surface area contributed by atoms with Gasteiger partial charge in [-0.2, -0.15) is 0 Å². The smallest absolute Gasteiger partial charge is 0.268 e. The summed E-state index contributed by atoms with van der Waals surface area (Å²) in [5, 5.41) is 9.36. The molecular formula is C30H29N3O7S. The summed E-state index contributed by atoms with van der Waals surface area (Å²) in [5.41, 5.74) is 3.31. The number of Topliss-reactive ketones (excluding diaryl/α,β-unsaturated/α-hetero) is 1. The number of ether oxygens (including phenoxy) is 2. The van der Waals surface area contributed by atoms with E-state index in [-0.39, 0.29) is 23.5 Å². The summed E-state index contributed by atoms with van der Waals surface area (Å²) in [5.74, 6) is 0.243. The maximum Gasteiger partial charge on any atom is 0.268 e. The van der Waals surface area contributed by atoms with Crippen molar-refractivity contribution in [2.24, 2.45) is 10.3 Å². The van der Waals surface area contributed by atoms with E-state index >= 15 is 0 Å². The maximum absolute atomic E-state index is 13.1. The molecule has 3 aromatic carbocycles. The van der Waals surface area contributed by atoms with E-state index in [2.05, 4.69) is 10.1 Å². The second-order valence-electron chi connectivity index (χ2n) is 9.47. The molecule has 0 amide bonds. The second-order valence-corrected chi connectivity index (χ2v) is 11.0. The molecule has 0 aliphatic carbocycles. The minimum atomic E-state index is -3.86. The van der Waals surface area contributed by atoms with Gasteiger partial charge in [0.05, 0.1) is 24.3 Å². The number of nitrogens with zero attached hydrogens (tertiary/aromatic N) is 2. The lowest BCUT2D eigenvalue weighted by atomic mass is 10.1. The van der Waals surface area contributed by atoms with Crippen LogP contribution in [-0.4, -0.2) is 51.3 Å². The minimum absolute atomic E-state index is 0.0375. The third-order valence-corrected chi connectivity index (χ3v) is 7.54. The molecule has 0 unspecified atom stereocenters. The fraction of sp³-hybridized carbons (Fsp3) is 0.233. The highest BCUT2D eigenvalue weighted by Crippen LogP contribution is 2.33. The summed E-state index contributed by atoms with van der Waals surface area (Å²) in [4.78, 5) is 23.2. The van der Waals surface area contributed by atoms with Gasteiger partial charge in [-0.05, 0) is 42.8 Å². The molecule has 10 nitrogen and oxygen atoms in total. The number of hydrogen-bond donors (Lipinski definition) is 1. The van der Waals surface area contributed by atoms with Gasteiger partial charge < -0.3 is 18.7 Å². The van der Waals surface area contributed by atoms with Crippen molar-refractivity contribution in [2.75, 3.05) is 19.8 Å². The van der Waals surface area contributed by atoms with Crippen molar-refractivity contribution < 1.29 is 31.9 Å². The van der Waals surface area contributed by atoms with Gasteiger partial charge in [0.1, 0.15) is 17.5 Å². The summed E-state index contributed by atoms with van der Waals surface area (Å²) in [6, 6.07) is 20.6. The van der Waals surface area contributed by atoms with Gasteiger partial charge in [-0.25, -0.2) is 18.5 Å². The average molecular weight is 576 g/mol. The third kappa shape index (κ3) is 6.88. The number of aromatic nitrogens is 1. The number of oxazole rings is 1. The van der Waals surface area contributed by atoms with Crippen LogP contribution in [0.25, 0.3) is 22.6 Å². The van der Waals surface area contributed by atoms with Crippen molar-refractivity contribution in [3.8, 4) is 28.3 Å². The number of oxime groups is 1. The Morgan fingerprint density at radius 3 is 2.46 bits per heavy atom. The van der Waals surface area contributed by atoms with Crippen LogP contribution in [0.2, 0.25) is 0 Å². The number of benzene rings is 3. The first kappa shape index (κ1) is 28.2. The lowest BCUT2D eigenvalue weighted by molar-refractivity contribution is -0.0294. The van der Waals surface area contributed by atoms with Crippen LogP contribution in [0.3, 0.4) is 0 Å². The van der Waals surface area contributed by atoms with Crippen LogP contribution in [0.5, 0.6) is 5.75 Å². The predicted molar refractivity (Wildman–Crippen MR) is 152 cm³/mol. The Hall–Kier alpha value is -4.32.